The number of carbonyl (C=O) groups is 1. The molecule has 8 heteroatoms. The Hall–Kier alpha value is -3.81. The number of fused-ring (bicyclic) bond motifs is 2. The number of unbranched alkanes of at least 4 members (excludes halogenated alkanes) is 1. The minimum Gasteiger partial charge on any atom is -0.504 e. The van der Waals surface area contributed by atoms with Crippen LogP contribution in [0.25, 0.3) is 22.7 Å². The first-order valence-corrected chi connectivity index (χ1v) is 13.8. The quantitative estimate of drug-likeness (QED) is 0.311. The molecule has 0 bridgehead atoms. The second kappa shape index (κ2) is 11.1. The van der Waals surface area contributed by atoms with Crippen molar-refractivity contribution in [1.82, 2.24) is 4.90 Å². The van der Waals surface area contributed by atoms with Gasteiger partial charge in [0.1, 0.15) is 16.9 Å². The van der Waals surface area contributed by atoms with Crippen LogP contribution >= 0.6 is 0 Å². The van der Waals surface area contributed by atoms with Crippen molar-refractivity contribution in [2.24, 2.45) is 16.1 Å². The van der Waals surface area contributed by atoms with Crippen molar-refractivity contribution in [3.63, 3.8) is 0 Å². The van der Waals surface area contributed by atoms with Crippen molar-refractivity contribution < 1.29 is 23.8 Å². The van der Waals surface area contributed by atoms with Gasteiger partial charge < -0.3 is 23.9 Å². The van der Waals surface area contributed by atoms with Gasteiger partial charge in [0.15, 0.2) is 11.5 Å². The number of amides is 1. The van der Waals surface area contributed by atoms with Gasteiger partial charge in [-0.15, -0.1) is 10.2 Å². The lowest BCUT2D eigenvalue weighted by molar-refractivity contribution is 0.0180. The van der Waals surface area contributed by atoms with Gasteiger partial charge in [0.2, 0.25) is 0 Å². The van der Waals surface area contributed by atoms with Crippen LogP contribution in [0.15, 0.2) is 51.0 Å². The summed E-state index contributed by atoms with van der Waals surface area (Å²) in [5, 5.41) is 20.1. The molecule has 3 heterocycles. The number of methoxy groups -OCH3 is 1. The molecule has 0 aliphatic carbocycles. The van der Waals surface area contributed by atoms with Gasteiger partial charge in [-0.05, 0) is 70.6 Å². The molecule has 0 unspecified atom stereocenters. The molecule has 5 rings (SSSR count). The fraction of sp³-hybridized carbons (Fsp3) is 0.452. The Kier molecular flexibility index (Phi) is 7.64. The van der Waals surface area contributed by atoms with Crippen molar-refractivity contribution in [1.29, 1.82) is 0 Å². The largest absolute Gasteiger partial charge is 0.504 e. The predicted molar refractivity (Wildman–Crippen MR) is 151 cm³/mol. The van der Waals surface area contributed by atoms with Crippen LogP contribution in [-0.4, -0.2) is 41.9 Å². The summed E-state index contributed by atoms with van der Waals surface area (Å²) in [6.07, 6.45) is 7.47. The van der Waals surface area contributed by atoms with Crippen LogP contribution in [0.2, 0.25) is 0 Å². The van der Waals surface area contributed by atoms with Gasteiger partial charge in [-0.2, -0.15) is 0 Å². The summed E-state index contributed by atoms with van der Waals surface area (Å²) >= 11 is 0. The fourth-order valence-electron chi connectivity index (χ4n) is 5.36. The molecule has 0 saturated carbocycles. The Balaban J connectivity index is 1.22. The molecule has 206 valence electrons. The van der Waals surface area contributed by atoms with E-state index in [2.05, 4.69) is 10.2 Å². The number of piperidine rings is 1. The van der Waals surface area contributed by atoms with Gasteiger partial charge in [-0.3, -0.25) is 0 Å². The zero-order valence-corrected chi connectivity index (χ0v) is 23.2. The number of rotatable bonds is 7. The highest BCUT2D eigenvalue weighted by Crippen LogP contribution is 2.42. The number of azo groups is 1. The number of furan rings is 1. The first-order chi connectivity index (χ1) is 18.7. The Labute approximate surface area is 229 Å². The number of aromatic hydroxyl groups is 1. The van der Waals surface area contributed by atoms with E-state index in [1.807, 2.05) is 62.1 Å². The van der Waals surface area contributed by atoms with E-state index in [0.29, 0.717) is 28.3 Å². The summed E-state index contributed by atoms with van der Waals surface area (Å²) in [5.74, 6) is 1.82. The maximum absolute atomic E-state index is 12.3. The Morgan fingerprint density at radius 3 is 2.64 bits per heavy atom. The summed E-state index contributed by atoms with van der Waals surface area (Å²) in [4.78, 5) is 14.2. The molecule has 2 aliphatic heterocycles. The lowest BCUT2D eigenvalue weighted by Crippen LogP contribution is -2.41. The van der Waals surface area contributed by atoms with Crippen molar-refractivity contribution in [3.8, 4) is 11.5 Å². The molecule has 0 atom stereocenters. The van der Waals surface area contributed by atoms with E-state index in [1.54, 1.807) is 13.2 Å². The van der Waals surface area contributed by atoms with Crippen LogP contribution in [0.3, 0.4) is 0 Å². The number of likely N-dealkylation sites (tertiary alicyclic amines) is 1. The number of carbonyl (C=O) groups excluding carboxylic acids is 1. The van der Waals surface area contributed by atoms with Gasteiger partial charge in [0.05, 0.1) is 23.9 Å². The maximum Gasteiger partial charge on any atom is 0.410 e. The van der Waals surface area contributed by atoms with E-state index in [9.17, 15) is 9.90 Å². The Morgan fingerprint density at radius 2 is 1.90 bits per heavy atom. The molecule has 1 amide bonds. The lowest BCUT2D eigenvalue weighted by Gasteiger charge is -2.33. The molecule has 0 spiro atoms. The normalized spacial score (nSPS) is 16.7. The highest BCUT2D eigenvalue weighted by Gasteiger charge is 2.27. The molecule has 1 aromatic heterocycles. The average Bonchev–Trinajstić information content (AvgIpc) is 3.47. The molecule has 1 fully saturated rings. The lowest BCUT2D eigenvalue weighted by atomic mass is 9.91. The van der Waals surface area contributed by atoms with Gasteiger partial charge in [0, 0.05) is 30.3 Å². The van der Waals surface area contributed by atoms with E-state index in [4.69, 9.17) is 13.9 Å². The zero-order chi connectivity index (χ0) is 27.6. The summed E-state index contributed by atoms with van der Waals surface area (Å²) < 4.78 is 17.4. The van der Waals surface area contributed by atoms with Crippen molar-refractivity contribution in [3.05, 3.63) is 53.3 Å². The Morgan fingerprint density at radius 1 is 1.13 bits per heavy atom. The predicted octanol–water partition coefficient (Wildman–Crippen LogP) is 8.10. The SMILES string of the molecule is COc1ccc2c(O)c(C=C3N=Nc4ccccc43)oc2c1CCCCC1CCN(C(=O)OC(C)(C)C)CC1. The summed E-state index contributed by atoms with van der Waals surface area (Å²) in [6.45, 7) is 7.20. The van der Waals surface area contributed by atoms with Crippen molar-refractivity contribution in [2.45, 2.75) is 64.9 Å². The third kappa shape index (κ3) is 5.95. The number of aryl methyl sites for hydroxylation is 1. The van der Waals surface area contributed by atoms with Crippen LogP contribution < -0.4 is 4.74 Å². The molecule has 0 radical (unpaired) electrons. The molecule has 3 aromatic rings. The van der Waals surface area contributed by atoms with E-state index in [0.717, 1.165) is 74.2 Å². The zero-order valence-electron chi connectivity index (χ0n) is 23.2. The standard InChI is InChI=1S/C31H37N3O5/c1-31(2,3)39-30(36)34-17-15-20(16-18-34)9-5-6-11-22-26(37-4)14-13-23-28(35)27(38-29(22)23)19-25-21-10-7-8-12-24(21)32-33-25/h7-8,10,12-14,19-20,35H,5-6,9,11,15-18H2,1-4H3. The first-order valence-electron chi connectivity index (χ1n) is 13.8. The monoisotopic (exact) mass is 531 g/mol. The Bertz CT molecular complexity index is 1410. The number of hydrogen-bond donors (Lipinski definition) is 1. The van der Waals surface area contributed by atoms with E-state index in [1.165, 1.54) is 0 Å². The molecular weight excluding hydrogens is 494 g/mol. The first kappa shape index (κ1) is 26.8. The molecule has 2 aromatic carbocycles. The molecule has 2 aliphatic rings. The number of hydrogen-bond acceptors (Lipinski definition) is 7. The van der Waals surface area contributed by atoms with E-state index in [-0.39, 0.29) is 11.8 Å². The third-order valence-electron chi connectivity index (χ3n) is 7.41. The third-order valence-corrected chi connectivity index (χ3v) is 7.41. The topological polar surface area (TPSA) is 96.9 Å². The van der Waals surface area contributed by atoms with Crippen LogP contribution in [0.5, 0.6) is 11.5 Å². The van der Waals surface area contributed by atoms with Crippen LogP contribution in [-0.2, 0) is 11.2 Å². The van der Waals surface area contributed by atoms with Gasteiger partial charge in [0.25, 0.3) is 0 Å². The van der Waals surface area contributed by atoms with Crippen molar-refractivity contribution in [2.75, 3.05) is 20.2 Å². The highest BCUT2D eigenvalue weighted by molar-refractivity contribution is 5.95. The minimum atomic E-state index is -0.465. The molecule has 39 heavy (non-hydrogen) atoms. The van der Waals surface area contributed by atoms with Crippen LogP contribution in [0.4, 0.5) is 10.5 Å². The second-order valence-corrected chi connectivity index (χ2v) is 11.3. The van der Waals surface area contributed by atoms with E-state index >= 15 is 0 Å². The molecule has 1 N–H and O–H groups in total. The summed E-state index contributed by atoms with van der Waals surface area (Å²) in [5.41, 5.74) is 3.51. The van der Waals surface area contributed by atoms with Crippen molar-refractivity contribution >= 4 is 34.5 Å². The van der Waals surface area contributed by atoms with Crippen LogP contribution in [0, 0.1) is 5.92 Å². The van der Waals surface area contributed by atoms with E-state index < -0.39 is 5.60 Å². The molecule has 8 nitrogen and oxygen atoms in total. The van der Waals surface area contributed by atoms with Gasteiger partial charge in [-0.25, -0.2) is 4.79 Å². The van der Waals surface area contributed by atoms with Gasteiger partial charge in [-0.1, -0.05) is 31.0 Å². The number of ether oxygens (including phenoxy) is 2. The molecule has 1 saturated heterocycles. The molecular formula is C31H37N3O5. The number of nitrogens with zero attached hydrogens (tertiary/aromatic N) is 3. The summed E-state index contributed by atoms with van der Waals surface area (Å²) in [7, 11) is 1.66. The highest BCUT2D eigenvalue weighted by atomic mass is 16.6. The minimum absolute atomic E-state index is 0.0951. The van der Waals surface area contributed by atoms with Crippen LogP contribution in [0.1, 0.15) is 69.8 Å². The smallest absolute Gasteiger partial charge is 0.410 e. The number of benzene rings is 2. The van der Waals surface area contributed by atoms with Gasteiger partial charge >= 0.3 is 6.09 Å². The fourth-order valence-corrected chi connectivity index (χ4v) is 5.36. The second-order valence-electron chi connectivity index (χ2n) is 11.3. The average molecular weight is 532 g/mol. The summed E-state index contributed by atoms with van der Waals surface area (Å²) in [6, 6.07) is 11.4. The maximum atomic E-state index is 12.3.